The van der Waals surface area contributed by atoms with Crippen molar-refractivity contribution in [1.82, 2.24) is 4.90 Å². The Balaban J connectivity index is 2.19. The van der Waals surface area contributed by atoms with Crippen molar-refractivity contribution in [3.05, 3.63) is 35.4 Å². The summed E-state index contributed by atoms with van der Waals surface area (Å²) in [5.74, 6) is 0.639. The van der Waals surface area contributed by atoms with Gasteiger partial charge in [-0.25, -0.2) is 0 Å². The molecular weight excluding hydrogens is 256 g/mol. The first-order valence-electron chi connectivity index (χ1n) is 8.26. The molecule has 0 aliphatic heterocycles. The van der Waals surface area contributed by atoms with E-state index in [1.54, 1.807) is 0 Å². The lowest BCUT2D eigenvalue weighted by Gasteiger charge is -2.53. The molecule has 2 nitrogen and oxygen atoms in total. The van der Waals surface area contributed by atoms with E-state index >= 15 is 0 Å². The Morgan fingerprint density at radius 3 is 2.48 bits per heavy atom. The first kappa shape index (κ1) is 16.5. The molecule has 118 valence electrons. The van der Waals surface area contributed by atoms with E-state index in [4.69, 9.17) is 5.73 Å². The van der Waals surface area contributed by atoms with E-state index in [0.717, 1.165) is 13.1 Å². The number of aryl methyl sites for hydroxylation is 1. The van der Waals surface area contributed by atoms with Crippen LogP contribution in [-0.4, -0.2) is 24.0 Å². The zero-order chi connectivity index (χ0) is 15.7. The van der Waals surface area contributed by atoms with Crippen molar-refractivity contribution in [3.63, 3.8) is 0 Å². The third-order valence-electron chi connectivity index (χ3n) is 5.79. The third-order valence-corrected chi connectivity index (χ3v) is 5.79. The van der Waals surface area contributed by atoms with Crippen molar-refractivity contribution in [2.24, 2.45) is 17.1 Å². The van der Waals surface area contributed by atoms with Crippen LogP contribution >= 0.6 is 0 Å². The van der Waals surface area contributed by atoms with Gasteiger partial charge in [0.05, 0.1) is 0 Å². The van der Waals surface area contributed by atoms with Crippen molar-refractivity contribution >= 4 is 0 Å². The number of hydrogen-bond donors (Lipinski definition) is 1. The number of hydrogen-bond acceptors (Lipinski definition) is 2. The predicted octanol–water partition coefficient (Wildman–Crippen LogP) is 3.97. The smallest absolute Gasteiger partial charge is 0.0358 e. The minimum Gasteiger partial charge on any atom is -0.329 e. The first-order chi connectivity index (χ1) is 9.81. The molecule has 1 aliphatic rings. The van der Waals surface area contributed by atoms with E-state index < -0.39 is 0 Å². The molecule has 0 heterocycles. The fraction of sp³-hybridized carbons (Fsp3) is 0.684. The number of nitrogens with two attached hydrogens (primary N) is 1. The van der Waals surface area contributed by atoms with Crippen LogP contribution in [0.2, 0.25) is 0 Å². The van der Waals surface area contributed by atoms with Gasteiger partial charge in [-0.05, 0) is 55.7 Å². The minimum absolute atomic E-state index is 0.151. The van der Waals surface area contributed by atoms with E-state index in [-0.39, 0.29) is 5.54 Å². The van der Waals surface area contributed by atoms with Crippen molar-refractivity contribution in [1.29, 1.82) is 0 Å². The molecule has 1 aromatic carbocycles. The van der Waals surface area contributed by atoms with Crippen LogP contribution in [0.3, 0.4) is 0 Å². The van der Waals surface area contributed by atoms with Crippen molar-refractivity contribution in [2.45, 2.75) is 59.0 Å². The Kier molecular flexibility index (Phi) is 4.79. The van der Waals surface area contributed by atoms with Gasteiger partial charge in [0.25, 0.3) is 0 Å². The second kappa shape index (κ2) is 6.10. The fourth-order valence-electron chi connectivity index (χ4n) is 4.15. The van der Waals surface area contributed by atoms with Crippen LogP contribution in [0.4, 0.5) is 0 Å². The summed E-state index contributed by atoms with van der Waals surface area (Å²) in [5.41, 5.74) is 9.68. The van der Waals surface area contributed by atoms with Gasteiger partial charge in [-0.2, -0.15) is 0 Å². The van der Waals surface area contributed by atoms with Crippen molar-refractivity contribution in [3.8, 4) is 0 Å². The zero-order valence-corrected chi connectivity index (χ0v) is 14.4. The van der Waals surface area contributed by atoms with E-state index in [2.05, 4.69) is 63.9 Å². The van der Waals surface area contributed by atoms with Gasteiger partial charge in [0.15, 0.2) is 0 Å². The topological polar surface area (TPSA) is 29.3 Å². The van der Waals surface area contributed by atoms with Crippen LogP contribution < -0.4 is 5.73 Å². The molecule has 2 unspecified atom stereocenters. The Labute approximate surface area is 130 Å². The maximum Gasteiger partial charge on any atom is 0.0358 e. The number of rotatable bonds is 4. The van der Waals surface area contributed by atoms with E-state index in [9.17, 15) is 0 Å². The average Bonchev–Trinajstić information content (AvgIpc) is 2.41. The van der Waals surface area contributed by atoms with Crippen LogP contribution in [-0.2, 0) is 6.54 Å². The standard InChI is InChI=1S/C19H32N2/c1-15-8-6-7-9-17(15)13-21(5)19(14-20)11-10-18(3,4)12-16(19)2/h6-9,16H,10-14,20H2,1-5H3. The quantitative estimate of drug-likeness (QED) is 0.908. The molecule has 1 saturated carbocycles. The number of nitrogens with zero attached hydrogens (tertiary/aromatic N) is 1. The largest absolute Gasteiger partial charge is 0.329 e. The maximum absolute atomic E-state index is 6.27. The van der Waals surface area contributed by atoms with Crippen LogP contribution in [0.5, 0.6) is 0 Å². The molecule has 2 rings (SSSR count). The van der Waals surface area contributed by atoms with Gasteiger partial charge in [-0.1, -0.05) is 45.0 Å². The summed E-state index contributed by atoms with van der Waals surface area (Å²) in [6, 6.07) is 8.70. The molecule has 2 heteroatoms. The highest BCUT2D eigenvalue weighted by molar-refractivity contribution is 5.25. The number of likely N-dealkylation sites (N-methyl/N-ethyl adjacent to an activating group) is 1. The highest BCUT2D eigenvalue weighted by Gasteiger charge is 2.45. The maximum atomic E-state index is 6.27. The lowest BCUT2D eigenvalue weighted by molar-refractivity contribution is -0.0118. The second-order valence-corrected chi connectivity index (χ2v) is 7.86. The van der Waals surface area contributed by atoms with Crippen LogP contribution in [0.15, 0.2) is 24.3 Å². The fourth-order valence-corrected chi connectivity index (χ4v) is 4.15. The molecule has 21 heavy (non-hydrogen) atoms. The van der Waals surface area contributed by atoms with Crippen molar-refractivity contribution in [2.75, 3.05) is 13.6 Å². The van der Waals surface area contributed by atoms with Gasteiger partial charge in [0.1, 0.15) is 0 Å². The van der Waals surface area contributed by atoms with Gasteiger partial charge >= 0.3 is 0 Å². The van der Waals surface area contributed by atoms with Crippen molar-refractivity contribution < 1.29 is 0 Å². The molecule has 0 spiro atoms. The summed E-state index contributed by atoms with van der Waals surface area (Å²) in [4.78, 5) is 2.52. The van der Waals surface area contributed by atoms with E-state index in [1.165, 1.54) is 30.4 Å². The lowest BCUT2D eigenvalue weighted by Crippen LogP contribution is -2.59. The number of benzene rings is 1. The summed E-state index contributed by atoms with van der Waals surface area (Å²) in [5, 5.41) is 0. The highest BCUT2D eigenvalue weighted by atomic mass is 15.2. The monoisotopic (exact) mass is 288 g/mol. The van der Waals surface area contributed by atoms with E-state index in [1.807, 2.05) is 0 Å². The molecule has 1 fully saturated rings. The molecular formula is C19H32N2. The summed E-state index contributed by atoms with van der Waals surface area (Å²) in [6.45, 7) is 11.1. The molecule has 1 aliphatic carbocycles. The van der Waals surface area contributed by atoms with E-state index in [0.29, 0.717) is 11.3 Å². The van der Waals surface area contributed by atoms with Gasteiger partial charge in [0.2, 0.25) is 0 Å². The highest BCUT2D eigenvalue weighted by Crippen LogP contribution is 2.46. The molecule has 2 N–H and O–H groups in total. The predicted molar refractivity (Wildman–Crippen MR) is 91.2 cm³/mol. The SMILES string of the molecule is Cc1ccccc1CN(C)C1(CN)CCC(C)(C)CC1C. The Bertz CT molecular complexity index is 480. The first-order valence-corrected chi connectivity index (χ1v) is 8.26. The van der Waals surface area contributed by atoms with Crippen LogP contribution in [0.1, 0.15) is 51.2 Å². The van der Waals surface area contributed by atoms with Gasteiger partial charge in [-0.3, -0.25) is 4.90 Å². The normalized spacial score (nSPS) is 28.8. The molecule has 0 saturated heterocycles. The third kappa shape index (κ3) is 3.32. The second-order valence-electron chi connectivity index (χ2n) is 7.86. The lowest BCUT2D eigenvalue weighted by atomic mass is 9.63. The Hall–Kier alpha value is -0.860. The zero-order valence-electron chi connectivity index (χ0n) is 14.4. The molecule has 0 bridgehead atoms. The Morgan fingerprint density at radius 2 is 1.90 bits per heavy atom. The Morgan fingerprint density at radius 1 is 1.24 bits per heavy atom. The van der Waals surface area contributed by atoms with Gasteiger partial charge in [-0.15, -0.1) is 0 Å². The average molecular weight is 288 g/mol. The molecule has 0 amide bonds. The summed E-state index contributed by atoms with van der Waals surface area (Å²) < 4.78 is 0. The summed E-state index contributed by atoms with van der Waals surface area (Å²) >= 11 is 0. The molecule has 2 atom stereocenters. The molecule has 1 aromatic rings. The van der Waals surface area contributed by atoms with Gasteiger partial charge < -0.3 is 5.73 Å². The van der Waals surface area contributed by atoms with Crippen LogP contribution in [0.25, 0.3) is 0 Å². The summed E-state index contributed by atoms with van der Waals surface area (Å²) in [7, 11) is 2.26. The molecule has 0 radical (unpaired) electrons. The molecule has 0 aromatic heterocycles. The van der Waals surface area contributed by atoms with Crippen LogP contribution in [0, 0.1) is 18.3 Å². The van der Waals surface area contributed by atoms with Gasteiger partial charge in [0, 0.05) is 18.6 Å². The minimum atomic E-state index is 0.151. The summed E-state index contributed by atoms with van der Waals surface area (Å²) in [6.07, 6.45) is 3.75.